The Hall–Kier alpha value is -2.16. The van der Waals surface area contributed by atoms with Gasteiger partial charge in [-0.15, -0.1) is 11.3 Å². The summed E-state index contributed by atoms with van der Waals surface area (Å²) >= 11 is 14.4. The van der Waals surface area contributed by atoms with Crippen LogP contribution < -0.4 is 0 Å². The van der Waals surface area contributed by atoms with Crippen molar-refractivity contribution in [1.82, 2.24) is 9.78 Å². The fourth-order valence-electron chi connectivity index (χ4n) is 3.23. The first kappa shape index (κ1) is 23.0. The summed E-state index contributed by atoms with van der Waals surface area (Å²) in [6, 6.07) is 17.7. The van der Waals surface area contributed by atoms with Gasteiger partial charge in [-0.05, 0) is 61.9 Å². The first-order valence-electron chi connectivity index (χ1n) is 9.63. The molecular formula is C23H20Cl2N2O3S2. The Balaban J connectivity index is 1.87. The van der Waals surface area contributed by atoms with Crippen LogP contribution in [0, 0.1) is 0 Å². The van der Waals surface area contributed by atoms with Crippen molar-refractivity contribution in [2.45, 2.75) is 24.3 Å². The average molecular weight is 507 g/mol. The van der Waals surface area contributed by atoms with Crippen molar-refractivity contribution in [2.24, 2.45) is 0 Å². The molecule has 4 rings (SSSR count). The number of aromatic nitrogens is 2. The topological polar surface area (TPSA) is 72.2 Å². The van der Waals surface area contributed by atoms with Crippen molar-refractivity contribution in [3.63, 3.8) is 0 Å². The van der Waals surface area contributed by atoms with Crippen LogP contribution in [0.1, 0.15) is 19.5 Å². The monoisotopic (exact) mass is 506 g/mol. The van der Waals surface area contributed by atoms with Gasteiger partial charge in [0.2, 0.25) is 0 Å². The molecule has 4 aromatic rings. The Morgan fingerprint density at radius 3 is 2.22 bits per heavy atom. The molecule has 0 radical (unpaired) electrons. The third-order valence-corrected chi connectivity index (χ3v) is 7.77. The van der Waals surface area contributed by atoms with Crippen molar-refractivity contribution in [3.05, 3.63) is 76.4 Å². The Morgan fingerprint density at radius 1 is 0.969 bits per heavy atom. The zero-order valence-electron chi connectivity index (χ0n) is 17.5. The number of hydrogen-bond acceptors (Lipinski definition) is 5. The van der Waals surface area contributed by atoms with Crippen molar-refractivity contribution in [2.75, 3.05) is 6.26 Å². The molecule has 0 bridgehead atoms. The van der Waals surface area contributed by atoms with Crippen molar-refractivity contribution in [3.8, 4) is 26.7 Å². The summed E-state index contributed by atoms with van der Waals surface area (Å²) in [5, 5.41) is 16.0. The molecule has 32 heavy (non-hydrogen) atoms. The highest BCUT2D eigenvalue weighted by molar-refractivity contribution is 7.90. The maximum Gasteiger partial charge on any atom is 0.175 e. The second-order valence-electron chi connectivity index (χ2n) is 7.92. The van der Waals surface area contributed by atoms with E-state index in [9.17, 15) is 13.5 Å². The lowest BCUT2D eigenvalue weighted by Crippen LogP contribution is -2.16. The molecule has 0 unspecified atom stereocenters. The van der Waals surface area contributed by atoms with E-state index in [0.717, 1.165) is 15.3 Å². The fourth-order valence-corrected chi connectivity index (χ4v) is 5.46. The van der Waals surface area contributed by atoms with Gasteiger partial charge in [-0.25, -0.2) is 13.1 Å². The van der Waals surface area contributed by atoms with Crippen LogP contribution in [0.15, 0.2) is 65.6 Å². The van der Waals surface area contributed by atoms with Gasteiger partial charge in [0, 0.05) is 11.1 Å². The van der Waals surface area contributed by atoms with Gasteiger partial charge in [0.15, 0.2) is 9.84 Å². The number of para-hydroxylation sites is 1. The Morgan fingerprint density at radius 2 is 1.59 bits per heavy atom. The smallest absolute Gasteiger partial charge is 0.175 e. The summed E-state index contributed by atoms with van der Waals surface area (Å²) in [5.74, 6) is 0. The van der Waals surface area contributed by atoms with E-state index in [2.05, 4.69) is 5.10 Å². The number of rotatable bonds is 5. The van der Waals surface area contributed by atoms with Crippen LogP contribution in [0.3, 0.4) is 0 Å². The summed E-state index contributed by atoms with van der Waals surface area (Å²) in [6.07, 6.45) is 1.19. The zero-order valence-corrected chi connectivity index (χ0v) is 20.6. The lowest BCUT2D eigenvalue weighted by molar-refractivity contribution is 0.0734. The van der Waals surface area contributed by atoms with Crippen molar-refractivity contribution in [1.29, 1.82) is 0 Å². The summed E-state index contributed by atoms with van der Waals surface area (Å²) < 4.78 is 25.5. The van der Waals surface area contributed by atoms with Crippen LogP contribution in [-0.4, -0.2) is 29.6 Å². The molecule has 0 saturated heterocycles. The molecule has 9 heteroatoms. The Labute approximate surface area is 200 Å². The number of halogens is 2. The minimum absolute atomic E-state index is 0.266. The average Bonchev–Trinajstić information content (AvgIpc) is 3.34. The van der Waals surface area contributed by atoms with E-state index in [-0.39, 0.29) is 4.90 Å². The predicted octanol–water partition coefficient (Wildman–Crippen LogP) is 6.21. The van der Waals surface area contributed by atoms with Crippen LogP contribution in [0.2, 0.25) is 10.0 Å². The lowest BCUT2D eigenvalue weighted by atomic mass is 10.1. The molecule has 2 heterocycles. The molecule has 0 fully saturated rings. The minimum Gasteiger partial charge on any atom is -0.384 e. The number of hydrogen-bond donors (Lipinski definition) is 1. The SMILES string of the molecule is CC(C)(O)c1cc(-c2ccc(-c3cccc(S(C)(=O)=O)c3)s2)n(-c2c(Cl)cccc2Cl)n1. The third kappa shape index (κ3) is 4.49. The molecule has 2 aromatic carbocycles. The van der Waals surface area contributed by atoms with Gasteiger partial charge < -0.3 is 5.11 Å². The van der Waals surface area contributed by atoms with E-state index in [4.69, 9.17) is 23.2 Å². The molecular weight excluding hydrogens is 487 g/mol. The highest BCUT2D eigenvalue weighted by atomic mass is 35.5. The molecule has 1 N–H and O–H groups in total. The summed E-state index contributed by atoms with van der Waals surface area (Å²) in [5.41, 5.74) is 1.34. The number of thiophene rings is 1. The van der Waals surface area contributed by atoms with Crippen LogP contribution in [0.4, 0.5) is 0 Å². The molecule has 166 valence electrons. The Bertz CT molecular complexity index is 1400. The van der Waals surface area contributed by atoms with Crippen LogP contribution in [-0.2, 0) is 15.4 Å². The van der Waals surface area contributed by atoms with E-state index in [1.165, 1.54) is 17.6 Å². The minimum atomic E-state index is -3.31. The number of nitrogens with zero attached hydrogens (tertiary/aromatic N) is 2. The quantitative estimate of drug-likeness (QED) is 0.349. The molecule has 0 amide bonds. The van der Waals surface area contributed by atoms with Crippen LogP contribution in [0.25, 0.3) is 26.7 Å². The maximum atomic E-state index is 11.9. The van der Waals surface area contributed by atoms with Crippen molar-refractivity contribution >= 4 is 44.4 Å². The first-order valence-corrected chi connectivity index (χ1v) is 13.1. The first-order chi connectivity index (χ1) is 14.9. The highest BCUT2D eigenvalue weighted by Crippen LogP contribution is 2.39. The number of aliphatic hydroxyl groups is 1. The van der Waals surface area contributed by atoms with E-state index in [1.54, 1.807) is 54.9 Å². The van der Waals surface area contributed by atoms with Gasteiger partial charge in [0.25, 0.3) is 0 Å². The van der Waals surface area contributed by atoms with E-state index >= 15 is 0 Å². The van der Waals surface area contributed by atoms with Gasteiger partial charge >= 0.3 is 0 Å². The molecule has 5 nitrogen and oxygen atoms in total. The summed E-state index contributed by atoms with van der Waals surface area (Å²) in [4.78, 5) is 2.03. The molecule has 2 aromatic heterocycles. The molecule has 0 saturated carbocycles. The zero-order chi connectivity index (χ0) is 23.3. The fraction of sp³-hybridized carbons (Fsp3) is 0.174. The molecule has 0 aliphatic heterocycles. The van der Waals surface area contributed by atoms with Crippen LogP contribution in [0.5, 0.6) is 0 Å². The molecule has 0 aliphatic rings. The summed E-state index contributed by atoms with van der Waals surface area (Å²) in [6.45, 7) is 3.32. The van der Waals surface area contributed by atoms with Gasteiger partial charge in [0.05, 0.1) is 31.2 Å². The number of sulfone groups is 1. The van der Waals surface area contributed by atoms with E-state index in [0.29, 0.717) is 27.1 Å². The predicted molar refractivity (Wildman–Crippen MR) is 131 cm³/mol. The lowest BCUT2D eigenvalue weighted by Gasteiger charge is -2.13. The second-order valence-corrected chi connectivity index (χ2v) is 11.8. The maximum absolute atomic E-state index is 11.9. The largest absolute Gasteiger partial charge is 0.384 e. The summed E-state index contributed by atoms with van der Waals surface area (Å²) in [7, 11) is -3.31. The molecule has 0 aliphatic carbocycles. The molecule has 0 atom stereocenters. The van der Waals surface area contributed by atoms with E-state index < -0.39 is 15.4 Å². The highest BCUT2D eigenvalue weighted by Gasteiger charge is 2.25. The molecule has 0 spiro atoms. The van der Waals surface area contributed by atoms with E-state index in [1.807, 2.05) is 24.3 Å². The third-order valence-electron chi connectivity index (χ3n) is 4.89. The van der Waals surface area contributed by atoms with Crippen LogP contribution >= 0.6 is 34.5 Å². The standard InChI is InChI=1S/C23H20Cl2N2O3S2/c1-23(2,28)21-13-18(27(26-21)22-16(24)8-5-9-17(22)25)20-11-10-19(31-20)14-6-4-7-15(12-14)32(3,29)30/h4-13,28H,1-3H3. The van der Waals surface area contributed by atoms with Gasteiger partial charge in [-0.2, -0.15) is 5.10 Å². The van der Waals surface area contributed by atoms with Crippen molar-refractivity contribution < 1.29 is 13.5 Å². The number of benzene rings is 2. The Kier molecular flexibility index (Phi) is 5.98. The normalized spacial score (nSPS) is 12.3. The van der Waals surface area contributed by atoms with Gasteiger partial charge in [-0.1, -0.05) is 41.4 Å². The second kappa shape index (κ2) is 8.32. The van der Waals surface area contributed by atoms with Gasteiger partial charge in [0.1, 0.15) is 11.3 Å². The van der Waals surface area contributed by atoms with Gasteiger partial charge in [-0.3, -0.25) is 0 Å².